The second-order valence-corrected chi connectivity index (χ2v) is 6.22. The van der Waals surface area contributed by atoms with E-state index < -0.39 is 5.97 Å². The van der Waals surface area contributed by atoms with Crippen LogP contribution in [0.15, 0.2) is 5.38 Å². The van der Waals surface area contributed by atoms with E-state index in [2.05, 4.69) is 18.8 Å². The third kappa shape index (κ3) is 6.11. The summed E-state index contributed by atoms with van der Waals surface area (Å²) in [6, 6.07) is 0. The lowest BCUT2D eigenvalue weighted by Crippen LogP contribution is -2.34. The van der Waals surface area contributed by atoms with Crippen molar-refractivity contribution in [1.29, 1.82) is 0 Å². The molecule has 1 rings (SSSR count). The molecule has 0 unspecified atom stereocenters. The van der Waals surface area contributed by atoms with Crippen LogP contribution in [0.5, 0.6) is 0 Å². The van der Waals surface area contributed by atoms with Crippen LogP contribution in [0.1, 0.15) is 42.7 Å². The molecular formula is C15H24N2O4S. The summed E-state index contributed by atoms with van der Waals surface area (Å²) >= 11 is 1.36. The number of esters is 1. The summed E-state index contributed by atoms with van der Waals surface area (Å²) in [4.78, 5) is 29.7. The van der Waals surface area contributed by atoms with Crippen LogP contribution < -0.4 is 0 Å². The maximum absolute atomic E-state index is 12.1. The van der Waals surface area contributed by atoms with Gasteiger partial charge in [0.1, 0.15) is 11.6 Å². The average molecular weight is 328 g/mol. The quantitative estimate of drug-likeness (QED) is 0.651. The Morgan fingerprint density at radius 1 is 1.41 bits per heavy atom. The molecule has 0 saturated carbocycles. The summed E-state index contributed by atoms with van der Waals surface area (Å²) < 4.78 is 9.84. The Morgan fingerprint density at radius 2 is 2.14 bits per heavy atom. The number of ether oxygens (including phenoxy) is 2. The number of aromatic nitrogens is 1. The van der Waals surface area contributed by atoms with Crippen molar-refractivity contribution in [2.75, 3.05) is 26.9 Å². The standard InChI is InChI=1S/C15H24N2O4S/c1-5-21-15(19)12-10-22-13(16-12)8-17(7-6-11(2)3)14(18)9-20-4/h10-11H,5-9H2,1-4H3. The highest BCUT2D eigenvalue weighted by Gasteiger charge is 2.18. The van der Waals surface area contributed by atoms with E-state index >= 15 is 0 Å². The average Bonchev–Trinajstić information content (AvgIpc) is 2.92. The fourth-order valence-electron chi connectivity index (χ4n) is 1.77. The van der Waals surface area contributed by atoms with Gasteiger partial charge in [-0.1, -0.05) is 13.8 Å². The van der Waals surface area contributed by atoms with E-state index in [9.17, 15) is 9.59 Å². The Balaban J connectivity index is 2.71. The second-order valence-electron chi connectivity index (χ2n) is 5.28. The first-order valence-electron chi connectivity index (χ1n) is 7.36. The van der Waals surface area contributed by atoms with Crippen molar-refractivity contribution in [1.82, 2.24) is 9.88 Å². The van der Waals surface area contributed by atoms with Crippen LogP contribution in [0.2, 0.25) is 0 Å². The molecule has 0 N–H and O–H groups in total. The van der Waals surface area contributed by atoms with Crippen molar-refractivity contribution in [3.63, 3.8) is 0 Å². The summed E-state index contributed by atoms with van der Waals surface area (Å²) in [6.07, 6.45) is 0.908. The van der Waals surface area contributed by atoms with Gasteiger partial charge in [0.15, 0.2) is 5.69 Å². The Bertz CT molecular complexity index is 488. The summed E-state index contributed by atoms with van der Waals surface area (Å²) in [5.74, 6) is 0.00205. The van der Waals surface area contributed by atoms with Crippen LogP contribution in [0, 0.1) is 5.92 Å². The lowest BCUT2D eigenvalue weighted by atomic mass is 10.1. The molecule has 6 nitrogen and oxygen atoms in total. The molecule has 0 bridgehead atoms. The molecule has 0 fully saturated rings. The monoisotopic (exact) mass is 328 g/mol. The Hall–Kier alpha value is -1.47. The molecule has 0 aliphatic carbocycles. The molecule has 1 heterocycles. The topological polar surface area (TPSA) is 68.7 Å². The van der Waals surface area contributed by atoms with Crippen LogP contribution in [-0.2, 0) is 20.8 Å². The van der Waals surface area contributed by atoms with Crippen LogP contribution in [0.4, 0.5) is 0 Å². The number of nitrogens with zero attached hydrogens (tertiary/aromatic N) is 2. The zero-order chi connectivity index (χ0) is 16.5. The third-order valence-corrected chi connectivity index (χ3v) is 3.79. The normalized spacial score (nSPS) is 10.8. The van der Waals surface area contributed by atoms with Gasteiger partial charge in [0.05, 0.1) is 13.2 Å². The number of hydrogen-bond acceptors (Lipinski definition) is 6. The van der Waals surface area contributed by atoms with Crippen LogP contribution in [0.25, 0.3) is 0 Å². The van der Waals surface area contributed by atoms with Gasteiger partial charge < -0.3 is 14.4 Å². The predicted octanol–water partition coefficient (Wildman–Crippen LogP) is 2.34. The molecular weight excluding hydrogens is 304 g/mol. The van der Waals surface area contributed by atoms with Gasteiger partial charge in [0.2, 0.25) is 5.91 Å². The van der Waals surface area contributed by atoms with Gasteiger partial charge in [-0.05, 0) is 19.3 Å². The number of amides is 1. The lowest BCUT2D eigenvalue weighted by molar-refractivity contribution is -0.135. The number of thiazole rings is 1. The number of carbonyl (C=O) groups excluding carboxylic acids is 2. The fourth-order valence-corrected chi connectivity index (χ4v) is 2.54. The van der Waals surface area contributed by atoms with E-state index in [0.717, 1.165) is 11.4 Å². The SMILES string of the molecule is CCOC(=O)c1csc(CN(CCC(C)C)C(=O)COC)n1. The minimum Gasteiger partial charge on any atom is -0.461 e. The van der Waals surface area contributed by atoms with Crippen LogP contribution in [-0.4, -0.2) is 48.6 Å². The van der Waals surface area contributed by atoms with Gasteiger partial charge in [-0.25, -0.2) is 9.78 Å². The third-order valence-electron chi connectivity index (χ3n) is 2.96. The highest BCUT2D eigenvalue weighted by Crippen LogP contribution is 2.15. The molecule has 1 aromatic rings. The van der Waals surface area contributed by atoms with Crippen molar-refractivity contribution < 1.29 is 19.1 Å². The zero-order valence-corrected chi connectivity index (χ0v) is 14.4. The lowest BCUT2D eigenvalue weighted by Gasteiger charge is -2.22. The number of methoxy groups -OCH3 is 1. The van der Waals surface area contributed by atoms with Gasteiger partial charge in [-0.15, -0.1) is 11.3 Å². The van der Waals surface area contributed by atoms with E-state index in [1.807, 2.05) is 0 Å². The minimum atomic E-state index is -0.429. The second kappa shape index (κ2) is 9.53. The molecule has 0 aromatic carbocycles. The first-order valence-corrected chi connectivity index (χ1v) is 8.24. The summed E-state index contributed by atoms with van der Waals surface area (Å²) in [5, 5.41) is 2.38. The number of rotatable bonds is 9. The Morgan fingerprint density at radius 3 is 2.73 bits per heavy atom. The van der Waals surface area contributed by atoms with Crippen molar-refractivity contribution in [3.05, 3.63) is 16.1 Å². The first-order chi connectivity index (χ1) is 10.5. The number of carbonyl (C=O) groups is 2. The van der Waals surface area contributed by atoms with Gasteiger partial charge in [-0.2, -0.15) is 0 Å². The van der Waals surface area contributed by atoms with E-state index in [-0.39, 0.29) is 12.5 Å². The first kappa shape index (κ1) is 18.6. The Kier molecular flexibility index (Phi) is 8.05. The number of hydrogen-bond donors (Lipinski definition) is 0. The largest absolute Gasteiger partial charge is 0.461 e. The highest BCUT2D eigenvalue weighted by atomic mass is 32.1. The maximum atomic E-state index is 12.1. The summed E-state index contributed by atoms with van der Waals surface area (Å²) in [7, 11) is 1.50. The molecule has 0 atom stereocenters. The van der Waals surface area contributed by atoms with E-state index in [0.29, 0.717) is 31.3 Å². The van der Waals surface area contributed by atoms with Crippen molar-refractivity contribution in [2.24, 2.45) is 5.92 Å². The molecule has 0 aliphatic rings. The molecule has 0 spiro atoms. The summed E-state index contributed by atoms with van der Waals surface area (Å²) in [5.41, 5.74) is 0.296. The highest BCUT2D eigenvalue weighted by molar-refractivity contribution is 7.09. The molecule has 0 aliphatic heterocycles. The van der Waals surface area contributed by atoms with Crippen molar-refractivity contribution >= 4 is 23.2 Å². The van der Waals surface area contributed by atoms with Crippen LogP contribution >= 0.6 is 11.3 Å². The molecule has 124 valence electrons. The van der Waals surface area contributed by atoms with Gasteiger partial charge in [-0.3, -0.25) is 4.79 Å². The molecule has 7 heteroatoms. The fraction of sp³-hybridized carbons (Fsp3) is 0.667. The Labute approximate surface area is 135 Å². The maximum Gasteiger partial charge on any atom is 0.357 e. The molecule has 0 radical (unpaired) electrons. The van der Waals surface area contributed by atoms with Crippen LogP contribution in [0.3, 0.4) is 0 Å². The van der Waals surface area contributed by atoms with Crippen molar-refractivity contribution in [3.8, 4) is 0 Å². The molecule has 1 amide bonds. The molecule has 1 aromatic heterocycles. The predicted molar refractivity (Wildman–Crippen MR) is 84.8 cm³/mol. The zero-order valence-electron chi connectivity index (χ0n) is 13.6. The smallest absolute Gasteiger partial charge is 0.357 e. The van der Waals surface area contributed by atoms with Gasteiger partial charge in [0, 0.05) is 19.0 Å². The summed E-state index contributed by atoms with van der Waals surface area (Å²) in [6.45, 7) is 7.38. The van der Waals surface area contributed by atoms with Gasteiger partial charge in [0.25, 0.3) is 0 Å². The van der Waals surface area contributed by atoms with Gasteiger partial charge >= 0.3 is 5.97 Å². The molecule has 0 saturated heterocycles. The minimum absolute atomic E-state index is 0.0498. The van der Waals surface area contributed by atoms with E-state index in [1.54, 1.807) is 17.2 Å². The molecule has 22 heavy (non-hydrogen) atoms. The van der Waals surface area contributed by atoms with Crippen molar-refractivity contribution in [2.45, 2.75) is 33.7 Å². The van der Waals surface area contributed by atoms with E-state index in [1.165, 1.54) is 18.4 Å². The van der Waals surface area contributed by atoms with E-state index in [4.69, 9.17) is 9.47 Å².